The van der Waals surface area contributed by atoms with Crippen molar-refractivity contribution < 1.29 is 14.4 Å². The average Bonchev–Trinajstić information content (AvgIpc) is 2.57. The maximum absolute atomic E-state index is 10.3. The first-order valence-corrected chi connectivity index (χ1v) is 9.58. The molecule has 0 aromatic heterocycles. The highest BCUT2D eigenvalue weighted by atomic mass is 35.5. The SMILES string of the molecule is CCCC[N+](C)(CCCC)CCCC.O=C(O)c1cccc(Cl)c1. The van der Waals surface area contributed by atoms with Gasteiger partial charge in [-0.2, -0.15) is 0 Å². The molecule has 1 aromatic rings. The van der Waals surface area contributed by atoms with E-state index in [1.807, 2.05) is 0 Å². The molecule has 0 radical (unpaired) electrons. The van der Waals surface area contributed by atoms with Crippen LogP contribution in [0.5, 0.6) is 0 Å². The fourth-order valence-corrected chi connectivity index (χ4v) is 2.77. The highest BCUT2D eigenvalue weighted by molar-refractivity contribution is 6.30. The molecule has 0 fully saturated rings. The zero-order valence-corrected chi connectivity index (χ0v) is 16.6. The summed E-state index contributed by atoms with van der Waals surface area (Å²) in [5, 5.41) is 8.89. The number of carboxylic acids is 1. The van der Waals surface area contributed by atoms with Gasteiger partial charge in [0.1, 0.15) is 0 Å². The third-order valence-electron chi connectivity index (χ3n) is 4.23. The predicted octanol–water partition coefficient (Wildman–Crippen LogP) is 5.87. The van der Waals surface area contributed by atoms with Gasteiger partial charge in [0.2, 0.25) is 0 Å². The van der Waals surface area contributed by atoms with Gasteiger partial charge in [-0.25, -0.2) is 4.79 Å². The molecule has 0 amide bonds. The number of halogens is 1. The van der Waals surface area contributed by atoms with Gasteiger partial charge in [-0.05, 0) is 37.5 Å². The Hall–Kier alpha value is -1.06. The van der Waals surface area contributed by atoms with Gasteiger partial charge in [0, 0.05) is 5.02 Å². The summed E-state index contributed by atoms with van der Waals surface area (Å²) in [6, 6.07) is 6.14. The van der Waals surface area contributed by atoms with Gasteiger partial charge in [0.25, 0.3) is 0 Å². The van der Waals surface area contributed by atoms with Crippen LogP contribution in [-0.4, -0.2) is 42.2 Å². The first kappa shape index (κ1) is 22.9. The van der Waals surface area contributed by atoms with E-state index in [0.717, 1.165) is 0 Å². The molecule has 0 heterocycles. The monoisotopic (exact) mass is 356 g/mol. The Morgan fingerprint density at radius 2 is 1.46 bits per heavy atom. The van der Waals surface area contributed by atoms with Gasteiger partial charge < -0.3 is 9.59 Å². The van der Waals surface area contributed by atoms with Gasteiger partial charge in [-0.3, -0.25) is 0 Å². The smallest absolute Gasteiger partial charge is 0.335 e. The van der Waals surface area contributed by atoms with Crippen LogP contribution in [0.4, 0.5) is 0 Å². The maximum atomic E-state index is 10.3. The van der Waals surface area contributed by atoms with Gasteiger partial charge in [-0.1, -0.05) is 57.7 Å². The zero-order chi connectivity index (χ0) is 18.4. The lowest BCUT2D eigenvalue weighted by Crippen LogP contribution is -2.46. The Morgan fingerprint density at radius 1 is 1.00 bits per heavy atom. The fraction of sp³-hybridized carbons (Fsp3) is 0.650. The third kappa shape index (κ3) is 10.7. The second-order valence-electron chi connectivity index (χ2n) is 6.67. The minimum Gasteiger partial charge on any atom is -0.478 e. The fourth-order valence-electron chi connectivity index (χ4n) is 2.58. The van der Waals surface area contributed by atoms with Crippen LogP contribution in [0.15, 0.2) is 24.3 Å². The Labute approximate surface area is 153 Å². The molecule has 0 spiro atoms. The van der Waals surface area contributed by atoms with Crippen molar-refractivity contribution in [2.24, 2.45) is 0 Å². The molecule has 24 heavy (non-hydrogen) atoms. The molecule has 1 rings (SSSR count). The predicted molar refractivity (Wildman–Crippen MR) is 104 cm³/mol. The molecule has 0 aliphatic heterocycles. The van der Waals surface area contributed by atoms with Crippen LogP contribution in [-0.2, 0) is 0 Å². The summed E-state index contributed by atoms with van der Waals surface area (Å²) in [4.78, 5) is 10.3. The van der Waals surface area contributed by atoms with Gasteiger partial charge >= 0.3 is 5.97 Å². The molecule has 3 nitrogen and oxygen atoms in total. The molecule has 0 aliphatic carbocycles. The van der Waals surface area contributed by atoms with Gasteiger partial charge in [0.15, 0.2) is 0 Å². The highest BCUT2D eigenvalue weighted by Crippen LogP contribution is 2.11. The number of hydrogen-bond acceptors (Lipinski definition) is 1. The lowest BCUT2D eigenvalue weighted by atomic mass is 10.2. The van der Waals surface area contributed by atoms with Crippen molar-refractivity contribution in [3.05, 3.63) is 34.9 Å². The number of unbranched alkanes of at least 4 members (excludes halogenated alkanes) is 3. The summed E-state index contributed by atoms with van der Waals surface area (Å²) < 4.78 is 1.32. The van der Waals surface area contributed by atoms with Crippen molar-refractivity contribution >= 4 is 17.6 Å². The van der Waals surface area contributed by atoms with Crippen LogP contribution in [0.25, 0.3) is 0 Å². The maximum Gasteiger partial charge on any atom is 0.335 e. The molecule has 0 saturated heterocycles. The quantitative estimate of drug-likeness (QED) is 0.532. The van der Waals surface area contributed by atoms with E-state index in [1.165, 1.54) is 74.8 Å². The molecule has 4 heteroatoms. The minimum absolute atomic E-state index is 0.215. The Morgan fingerprint density at radius 3 is 1.75 bits per heavy atom. The van der Waals surface area contributed by atoms with Crippen molar-refractivity contribution in [2.45, 2.75) is 59.3 Å². The number of benzene rings is 1. The van der Waals surface area contributed by atoms with Crippen molar-refractivity contribution in [3.8, 4) is 0 Å². The summed E-state index contributed by atoms with van der Waals surface area (Å²) in [6.45, 7) is 11.0. The minimum atomic E-state index is -0.956. The van der Waals surface area contributed by atoms with E-state index in [2.05, 4.69) is 27.8 Å². The number of hydrogen-bond donors (Lipinski definition) is 1. The highest BCUT2D eigenvalue weighted by Gasteiger charge is 2.18. The number of quaternary nitrogens is 1. The normalized spacial score (nSPS) is 10.9. The molecule has 1 aromatic carbocycles. The van der Waals surface area contributed by atoms with Crippen molar-refractivity contribution in [1.29, 1.82) is 0 Å². The lowest BCUT2D eigenvalue weighted by molar-refractivity contribution is -0.910. The zero-order valence-electron chi connectivity index (χ0n) is 15.9. The molecule has 0 unspecified atom stereocenters. The van der Waals surface area contributed by atoms with Gasteiger partial charge in [0.05, 0.1) is 32.2 Å². The topological polar surface area (TPSA) is 37.3 Å². The van der Waals surface area contributed by atoms with Crippen LogP contribution < -0.4 is 0 Å². The van der Waals surface area contributed by atoms with E-state index in [-0.39, 0.29) is 5.56 Å². The number of carbonyl (C=O) groups is 1. The molecular weight excluding hydrogens is 322 g/mol. The molecule has 0 atom stereocenters. The summed E-state index contributed by atoms with van der Waals surface area (Å²) in [6.07, 6.45) is 8.20. The van der Waals surface area contributed by atoms with E-state index >= 15 is 0 Å². The summed E-state index contributed by atoms with van der Waals surface area (Å²) in [5.74, 6) is -0.956. The van der Waals surface area contributed by atoms with Crippen LogP contribution in [0.3, 0.4) is 0 Å². The van der Waals surface area contributed by atoms with Crippen molar-refractivity contribution in [3.63, 3.8) is 0 Å². The first-order valence-electron chi connectivity index (χ1n) is 9.21. The van der Waals surface area contributed by atoms with Crippen molar-refractivity contribution in [1.82, 2.24) is 0 Å². The van der Waals surface area contributed by atoms with E-state index in [0.29, 0.717) is 5.02 Å². The largest absolute Gasteiger partial charge is 0.478 e. The number of carboxylic acid groups (broad SMARTS) is 1. The van der Waals surface area contributed by atoms with E-state index in [4.69, 9.17) is 16.7 Å². The van der Waals surface area contributed by atoms with E-state index < -0.39 is 5.97 Å². The van der Waals surface area contributed by atoms with Crippen LogP contribution in [0.2, 0.25) is 5.02 Å². The molecule has 138 valence electrons. The van der Waals surface area contributed by atoms with Crippen LogP contribution in [0.1, 0.15) is 69.7 Å². The van der Waals surface area contributed by atoms with Crippen molar-refractivity contribution in [2.75, 3.05) is 26.7 Å². The Balaban J connectivity index is 0.000000463. The Kier molecular flexibility index (Phi) is 12.7. The van der Waals surface area contributed by atoms with Crippen LogP contribution in [0, 0.1) is 0 Å². The number of nitrogens with zero attached hydrogens (tertiary/aromatic N) is 1. The molecule has 1 N–H and O–H groups in total. The number of aromatic carboxylic acids is 1. The summed E-state index contributed by atoms with van der Waals surface area (Å²) in [5.41, 5.74) is 0.215. The van der Waals surface area contributed by atoms with Crippen LogP contribution >= 0.6 is 11.6 Å². The summed E-state index contributed by atoms with van der Waals surface area (Å²) >= 11 is 5.53. The second kappa shape index (κ2) is 13.3. The average molecular weight is 357 g/mol. The molecule has 0 bridgehead atoms. The summed E-state index contributed by atoms with van der Waals surface area (Å²) in [7, 11) is 2.45. The second-order valence-corrected chi connectivity index (χ2v) is 7.10. The molecular formula is C20H35ClNO2+. The number of rotatable bonds is 10. The molecule has 0 saturated carbocycles. The van der Waals surface area contributed by atoms with E-state index in [9.17, 15) is 4.79 Å². The lowest BCUT2D eigenvalue weighted by Gasteiger charge is -2.34. The Bertz CT molecular complexity index is 441. The standard InChI is InChI=1S/C13H30N.C7H5ClO2/c1-5-8-11-14(4,12-9-6-2)13-10-7-3;8-6-3-1-2-5(4-6)7(9)10/h5-13H2,1-4H3;1-4H,(H,9,10)/q+1;. The van der Waals surface area contributed by atoms with Gasteiger partial charge in [-0.15, -0.1) is 0 Å². The van der Waals surface area contributed by atoms with E-state index in [1.54, 1.807) is 12.1 Å². The third-order valence-corrected chi connectivity index (χ3v) is 4.46. The first-order chi connectivity index (χ1) is 11.4. The molecule has 0 aliphatic rings.